The van der Waals surface area contributed by atoms with E-state index in [1.54, 1.807) is 6.07 Å². The highest BCUT2D eigenvalue weighted by molar-refractivity contribution is 7.89. The van der Waals surface area contributed by atoms with Gasteiger partial charge in [0.25, 0.3) is 0 Å². The van der Waals surface area contributed by atoms with Crippen molar-refractivity contribution in [3.05, 3.63) is 29.3 Å². The van der Waals surface area contributed by atoms with Gasteiger partial charge in [-0.3, -0.25) is 0 Å². The van der Waals surface area contributed by atoms with Crippen LogP contribution >= 0.6 is 0 Å². The molecule has 0 saturated carbocycles. The number of aryl methyl sites for hydroxylation is 1. The normalized spacial score (nSPS) is 14.2. The van der Waals surface area contributed by atoms with Crippen molar-refractivity contribution in [1.29, 1.82) is 0 Å². The highest BCUT2D eigenvalue weighted by atomic mass is 32.2. The van der Waals surface area contributed by atoms with Gasteiger partial charge in [0, 0.05) is 12.6 Å². The molecule has 0 aliphatic rings. The van der Waals surface area contributed by atoms with E-state index < -0.39 is 10.0 Å². The van der Waals surface area contributed by atoms with Gasteiger partial charge in [0.1, 0.15) is 0 Å². The second-order valence-electron chi connectivity index (χ2n) is 6.57. The molecular weight excluding hydrogens is 284 g/mol. The number of rotatable bonds is 6. The Morgan fingerprint density at radius 2 is 1.90 bits per heavy atom. The Hall–Kier alpha value is -0.910. The van der Waals surface area contributed by atoms with Gasteiger partial charge in [-0.1, -0.05) is 46.2 Å². The third-order valence-corrected chi connectivity index (χ3v) is 5.25. The van der Waals surface area contributed by atoms with Crippen LogP contribution in [-0.2, 0) is 15.4 Å². The monoisotopic (exact) mass is 312 g/mol. The number of hydrogen-bond donors (Lipinski definition) is 2. The molecule has 3 N–H and O–H groups in total. The molecule has 1 rings (SSSR count). The smallest absolute Gasteiger partial charge is 0.241 e. The van der Waals surface area contributed by atoms with Crippen LogP contribution in [0.4, 0.5) is 0 Å². The van der Waals surface area contributed by atoms with Gasteiger partial charge in [0.05, 0.1) is 4.90 Å². The summed E-state index contributed by atoms with van der Waals surface area (Å²) in [6.45, 7) is 10.4. The van der Waals surface area contributed by atoms with Crippen LogP contribution in [0.1, 0.15) is 51.7 Å². The highest BCUT2D eigenvalue weighted by Gasteiger charge is 2.23. The quantitative estimate of drug-likeness (QED) is 0.848. The summed E-state index contributed by atoms with van der Waals surface area (Å²) in [5.41, 5.74) is 7.33. The van der Waals surface area contributed by atoms with Gasteiger partial charge in [-0.25, -0.2) is 13.1 Å². The van der Waals surface area contributed by atoms with E-state index in [4.69, 9.17) is 5.73 Å². The lowest BCUT2D eigenvalue weighted by molar-refractivity contribution is 0.526. The maximum Gasteiger partial charge on any atom is 0.241 e. The number of sulfonamides is 1. The number of hydrogen-bond acceptors (Lipinski definition) is 3. The largest absolute Gasteiger partial charge is 0.329 e. The first-order valence-corrected chi connectivity index (χ1v) is 8.93. The van der Waals surface area contributed by atoms with Crippen LogP contribution < -0.4 is 10.5 Å². The Morgan fingerprint density at radius 3 is 2.38 bits per heavy atom. The summed E-state index contributed by atoms with van der Waals surface area (Å²) >= 11 is 0. The van der Waals surface area contributed by atoms with Crippen molar-refractivity contribution in [1.82, 2.24) is 4.72 Å². The van der Waals surface area contributed by atoms with Crippen molar-refractivity contribution in [2.45, 2.75) is 63.8 Å². The van der Waals surface area contributed by atoms with Crippen LogP contribution in [0, 0.1) is 6.92 Å². The Morgan fingerprint density at radius 1 is 1.29 bits per heavy atom. The molecular formula is C16H28N2O2S. The molecule has 0 aliphatic heterocycles. The fourth-order valence-corrected chi connectivity index (χ4v) is 3.77. The minimum absolute atomic E-state index is 0.0886. The lowest BCUT2D eigenvalue weighted by Gasteiger charge is -2.22. The van der Waals surface area contributed by atoms with Crippen LogP contribution in [0.25, 0.3) is 0 Å². The van der Waals surface area contributed by atoms with Gasteiger partial charge in [0.15, 0.2) is 0 Å². The molecule has 0 fully saturated rings. The summed E-state index contributed by atoms with van der Waals surface area (Å²) < 4.78 is 27.9. The van der Waals surface area contributed by atoms with E-state index in [1.807, 2.05) is 26.0 Å². The lowest BCUT2D eigenvalue weighted by atomic mass is 9.87. The molecule has 1 unspecified atom stereocenters. The van der Waals surface area contributed by atoms with Gasteiger partial charge >= 0.3 is 0 Å². The minimum atomic E-state index is -3.54. The molecule has 0 amide bonds. The Balaban J connectivity index is 3.19. The average molecular weight is 312 g/mol. The number of nitrogens with two attached hydrogens (primary N) is 1. The summed E-state index contributed by atoms with van der Waals surface area (Å²) in [5, 5.41) is 0. The number of nitrogens with one attached hydrogen (secondary N) is 1. The first-order valence-electron chi connectivity index (χ1n) is 7.45. The molecule has 1 atom stereocenters. The predicted molar refractivity (Wildman–Crippen MR) is 88.0 cm³/mol. The third kappa shape index (κ3) is 4.80. The van der Waals surface area contributed by atoms with E-state index in [2.05, 4.69) is 25.5 Å². The Labute approximate surface area is 129 Å². The van der Waals surface area contributed by atoms with Crippen LogP contribution in [0.3, 0.4) is 0 Å². The highest BCUT2D eigenvalue weighted by Crippen LogP contribution is 2.26. The molecule has 120 valence electrons. The summed E-state index contributed by atoms with van der Waals surface area (Å²) in [7, 11) is -3.54. The standard InChI is InChI=1S/C16H28N2O2S/c1-6-7-14(11-17)18-21(19,20)15-10-13(16(3,4)5)9-8-12(15)2/h8-10,14,18H,6-7,11,17H2,1-5H3. The van der Waals surface area contributed by atoms with E-state index in [9.17, 15) is 8.42 Å². The van der Waals surface area contributed by atoms with Gasteiger partial charge in [-0.15, -0.1) is 0 Å². The van der Waals surface area contributed by atoms with Crippen molar-refractivity contribution < 1.29 is 8.42 Å². The van der Waals surface area contributed by atoms with Crippen molar-refractivity contribution >= 4 is 10.0 Å². The molecule has 21 heavy (non-hydrogen) atoms. The molecule has 4 nitrogen and oxygen atoms in total. The van der Waals surface area contributed by atoms with Gasteiger partial charge in [-0.2, -0.15) is 0 Å². The molecule has 0 heterocycles. The van der Waals surface area contributed by atoms with Crippen molar-refractivity contribution in [2.24, 2.45) is 5.73 Å². The molecule has 1 aromatic rings. The Bertz CT molecular complexity index is 574. The molecule has 0 radical (unpaired) electrons. The predicted octanol–water partition coefficient (Wildman–Crippen LogP) is 2.70. The van der Waals surface area contributed by atoms with Crippen molar-refractivity contribution in [3.8, 4) is 0 Å². The van der Waals surface area contributed by atoms with Crippen molar-refractivity contribution in [3.63, 3.8) is 0 Å². The van der Waals surface area contributed by atoms with E-state index in [1.165, 1.54) is 0 Å². The third-order valence-electron chi connectivity index (χ3n) is 3.59. The minimum Gasteiger partial charge on any atom is -0.329 e. The van der Waals surface area contributed by atoms with Crippen LogP contribution in [0.15, 0.2) is 23.1 Å². The first kappa shape index (κ1) is 18.1. The summed E-state index contributed by atoms with van der Waals surface area (Å²) in [4.78, 5) is 0.351. The van der Waals surface area contributed by atoms with Gasteiger partial charge in [-0.05, 0) is 36.0 Å². The number of benzene rings is 1. The van der Waals surface area contributed by atoms with E-state index in [0.717, 1.165) is 24.0 Å². The zero-order valence-corrected chi connectivity index (χ0v) is 14.5. The average Bonchev–Trinajstić information content (AvgIpc) is 2.36. The summed E-state index contributed by atoms with van der Waals surface area (Å²) in [6, 6.07) is 5.42. The van der Waals surface area contributed by atoms with Gasteiger partial charge < -0.3 is 5.73 Å². The van der Waals surface area contributed by atoms with Gasteiger partial charge in [0.2, 0.25) is 10.0 Å². The van der Waals surface area contributed by atoms with Crippen LogP contribution in [-0.4, -0.2) is 21.0 Å². The summed E-state index contributed by atoms with van der Waals surface area (Å²) in [6.07, 6.45) is 1.64. The molecule has 1 aromatic carbocycles. The van der Waals surface area contributed by atoms with E-state index >= 15 is 0 Å². The SMILES string of the molecule is CCCC(CN)NS(=O)(=O)c1cc(C(C)(C)C)ccc1C. The zero-order valence-electron chi connectivity index (χ0n) is 13.7. The maximum absolute atomic E-state index is 12.6. The molecule has 0 aliphatic carbocycles. The van der Waals surface area contributed by atoms with E-state index in [0.29, 0.717) is 11.4 Å². The first-order chi connectivity index (χ1) is 9.61. The zero-order chi connectivity index (χ0) is 16.3. The second-order valence-corrected chi connectivity index (χ2v) is 8.26. The van der Waals surface area contributed by atoms with Crippen LogP contribution in [0.2, 0.25) is 0 Å². The molecule has 0 spiro atoms. The maximum atomic E-state index is 12.6. The fourth-order valence-electron chi connectivity index (χ4n) is 2.21. The molecule has 0 bridgehead atoms. The molecule has 0 aromatic heterocycles. The fraction of sp³-hybridized carbons (Fsp3) is 0.625. The molecule has 5 heteroatoms. The Kier molecular flexibility index (Phi) is 5.96. The van der Waals surface area contributed by atoms with E-state index in [-0.39, 0.29) is 11.5 Å². The molecule has 0 saturated heterocycles. The summed E-state index contributed by atoms with van der Waals surface area (Å²) in [5.74, 6) is 0. The van der Waals surface area contributed by atoms with Crippen molar-refractivity contribution in [2.75, 3.05) is 6.54 Å². The second kappa shape index (κ2) is 6.90. The topological polar surface area (TPSA) is 72.2 Å². The van der Waals surface area contributed by atoms with Crippen LogP contribution in [0.5, 0.6) is 0 Å². The lowest BCUT2D eigenvalue weighted by Crippen LogP contribution is -2.40.